The Balaban J connectivity index is 1.59. The Kier molecular flexibility index (Phi) is 5.46. The number of benzene rings is 1. The summed E-state index contributed by atoms with van der Waals surface area (Å²) in [7, 11) is 1.58. The van der Waals surface area contributed by atoms with Crippen molar-refractivity contribution in [3.63, 3.8) is 0 Å². The highest BCUT2D eigenvalue weighted by molar-refractivity contribution is 7.98. The van der Waals surface area contributed by atoms with E-state index in [4.69, 9.17) is 9.15 Å². The maximum Gasteiger partial charge on any atom is 0.270 e. The third kappa shape index (κ3) is 4.08. The van der Waals surface area contributed by atoms with Gasteiger partial charge in [-0.05, 0) is 36.4 Å². The van der Waals surface area contributed by atoms with Crippen molar-refractivity contribution in [2.45, 2.75) is 10.9 Å². The van der Waals surface area contributed by atoms with Gasteiger partial charge in [0.15, 0.2) is 15.9 Å². The molecule has 29 heavy (non-hydrogen) atoms. The molecular weight excluding hydrogens is 408 g/mol. The lowest BCUT2D eigenvalue weighted by Gasteiger charge is -2.07. The van der Waals surface area contributed by atoms with Crippen LogP contribution in [0.4, 0.5) is 0 Å². The molecule has 0 saturated carbocycles. The van der Waals surface area contributed by atoms with Crippen LogP contribution < -0.4 is 10.3 Å². The minimum atomic E-state index is -0.467. The molecule has 0 radical (unpaired) electrons. The van der Waals surface area contributed by atoms with Crippen LogP contribution >= 0.6 is 23.1 Å². The van der Waals surface area contributed by atoms with Crippen LogP contribution in [0.3, 0.4) is 0 Å². The molecule has 0 fully saturated rings. The van der Waals surface area contributed by atoms with E-state index in [2.05, 4.69) is 15.0 Å². The quantitative estimate of drug-likeness (QED) is 0.364. The summed E-state index contributed by atoms with van der Waals surface area (Å²) in [6.45, 7) is 0. The Morgan fingerprint density at radius 3 is 2.79 bits per heavy atom. The fourth-order valence-corrected chi connectivity index (χ4v) is 4.26. The Labute approximate surface area is 174 Å². The van der Waals surface area contributed by atoms with Gasteiger partial charge in [0.05, 0.1) is 24.8 Å². The number of nitrogens with zero attached hydrogens (tertiary/aromatic N) is 3. The van der Waals surface area contributed by atoms with Crippen molar-refractivity contribution in [1.82, 2.24) is 15.0 Å². The second-order valence-electron chi connectivity index (χ2n) is 5.84. The number of H-pyrrole nitrogens is 1. The predicted octanol–water partition coefficient (Wildman–Crippen LogP) is 4.33. The third-order valence-corrected chi connectivity index (χ3v) is 5.83. The molecule has 9 heteroatoms. The normalized spacial score (nSPS) is 10.6. The molecule has 3 aromatic heterocycles. The summed E-state index contributed by atoms with van der Waals surface area (Å²) in [5.74, 6) is 1.93. The summed E-state index contributed by atoms with van der Waals surface area (Å²) in [5, 5.41) is 12.6. The van der Waals surface area contributed by atoms with Crippen LogP contribution in [0.2, 0.25) is 0 Å². The smallest absolute Gasteiger partial charge is 0.270 e. The van der Waals surface area contributed by atoms with E-state index in [-0.39, 0.29) is 5.56 Å². The summed E-state index contributed by atoms with van der Waals surface area (Å²) >= 11 is 2.84. The number of methoxy groups -OCH3 is 1. The van der Waals surface area contributed by atoms with Gasteiger partial charge in [-0.15, -0.1) is 11.3 Å². The van der Waals surface area contributed by atoms with Crippen molar-refractivity contribution in [3.8, 4) is 33.8 Å². The molecule has 0 atom stereocenters. The van der Waals surface area contributed by atoms with Crippen molar-refractivity contribution in [3.05, 3.63) is 69.7 Å². The maximum atomic E-state index is 12.4. The van der Waals surface area contributed by atoms with Gasteiger partial charge in [0.1, 0.15) is 17.4 Å². The largest absolute Gasteiger partial charge is 0.497 e. The number of thioether (sulfide) groups is 1. The molecule has 0 saturated heterocycles. The lowest BCUT2D eigenvalue weighted by atomic mass is 10.1. The standard InChI is InChI=1S/C20H14N4O3S2/c1-26-14-6-4-12(5-7-14)17-15(9-21)18(25)24-20(23-17)29-11-13-10-28-19(22-13)16-3-2-8-27-16/h2-8,10H,11H2,1H3,(H,23,24,25). The second kappa shape index (κ2) is 8.34. The fourth-order valence-electron chi connectivity index (χ4n) is 2.61. The van der Waals surface area contributed by atoms with Gasteiger partial charge >= 0.3 is 0 Å². The highest BCUT2D eigenvalue weighted by Gasteiger charge is 2.15. The number of furan rings is 1. The Morgan fingerprint density at radius 1 is 1.28 bits per heavy atom. The molecule has 0 aliphatic rings. The summed E-state index contributed by atoms with van der Waals surface area (Å²) in [4.78, 5) is 24.1. The molecule has 0 unspecified atom stereocenters. The number of hydrogen-bond donors (Lipinski definition) is 1. The zero-order chi connectivity index (χ0) is 20.2. The average Bonchev–Trinajstić information content (AvgIpc) is 3.43. The zero-order valence-corrected chi connectivity index (χ0v) is 16.8. The van der Waals surface area contributed by atoms with Crippen molar-refractivity contribution in [1.29, 1.82) is 5.26 Å². The zero-order valence-electron chi connectivity index (χ0n) is 15.2. The lowest BCUT2D eigenvalue weighted by Crippen LogP contribution is -2.14. The van der Waals surface area contributed by atoms with Crippen LogP contribution in [0.5, 0.6) is 5.75 Å². The van der Waals surface area contributed by atoms with Gasteiger partial charge in [-0.25, -0.2) is 9.97 Å². The second-order valence-corrected chi connectivity index (χ2v) is 7.67. The molecular formula is C20H14N4O3S2. The minimum absolute atomic E-state index is 0.0201. The number of rotatable bonds is 6. The van der Waals surface area contributed by atoms with E-state index in [1.165, 1.54) is 23.1 Å². The number of hydrogen-bond acceptors (Lipinski definition) is 8. The molecule has 0 bridgehead atoms. The first-order valence-electron chi connectivity index (χ1n) is 8.48. The van der Waals surface area contributed by atoms with E-state index < -0.39 is 5.56 Å². The van der Waals surface area contributed by atoms with Crippen molar-refractivity contribution in [2.75, 3.05) is 7.11 Å². The van der Waals surface area contributed by atoms with Crippen LogP contribution in [0, 0.1) is 11.3 Å². The molecule has 144 valence electrons. The third-order valence-electron chi connectivity index (χ3n) is 4.01. The number of nitriles is 1. The van der Waals surface area contributed by atoms with E-state index in [0.29, 0.717) is 27.9 Å². The number of nitrogens with one attached hydrogen (secondary N) is 1. The Morgan fingerprint density at radius 2 is 2.10 bits per heavy atom. The lowest BCUT2D eigenvalue weighted by molar-refractivity contribution is 0.415. The van der Waals surface area contributed by atoms with Gasteiger partial charge in [0.2, 0.25) is 0 Å². The first kappa shape index (κ1) is 19.0. The highest BCUT2D eigenvalue weighted by atomic mass is 32.2. The van der Waals surface area contributed by atoms with Crippen molar-refractivity contribution >= 4 is 23.1 Å². The molecule has 0 aliphatic carbocycles. The maximum absolute atomic E-state index is 12.4. The molecule has 7 nitrogen and oxygen atoms in total. The van der Waals surface area contributed by atoms with E-state index in [1.807, 2.05) is 23.6 Å². The Bertz CT molecular complexity index is 1220. The fraction of sp³-hybridized carbons (Fsp3) is 0.100. The molecule has 1 aromatic carbocycles. The number of aromatic nitrogens is 3. The monoisotopic (exact) mass is 422 g/mol. The summed E-state index contributed by atoms with van der Waals surface area (Å²) < 4.78 is 10.5. The van der Waals surface area contributed by atoms with E-state index in [1.54, 1.807) is 37.6 Å². The SMILES string of the molecule is COc1ccc(-c2nc(SCc3csc(-c4ccco4)n3)[nH]c(=O)c2C#N)cc1. The van der Waals surface area contributed by atoms with Gasteiger partial charge in [-0.3, -0.25) is 4.79 Å². The minimum Gasteiger partial charge on any atom is -0.497 e. The first-order chi connectivity index (χ1) is 14.2. The van der Waals surface area contributed by atoms with E-state index in [9.17, 15) is 10.1 Å². The average molecular weight is 422 g/mol. The highest BCUT2D eigenvalue weighted by Crippen LogP contribution is 2.28. The van der Waals surface area contributed by atoms with Gasteiger partial charge in [-0.2, -0.15) is 5.26 Å². The predicted molar refractivity (Wildman–Crippen MR) is 111 cm³/mol. The number of thiazole rings is 1. The van der Waals surface area contributed by atoms with Crippen LogP contribution in [0.25, 0.3) is 22.0 Å². The Hall–Kier alpha value is -3.35. The van der Waals surface area contributed by atoms with E-state index in [0.717, 1.165) is 16.5 Å². The van der Waals surface area contributed by atoms with Gasteiger partial charge < -0.3 is 14.1 Å². The molecule has 0 aliphatic heterocycles. The summed E-state index contributed by atoms with van der Waals surface area (Å²) in [6.07, 6.45) is 1.61. The number of aromatic amines is 1. The van der Waals surface area contributed by atoms with Crippen LogP contribution in [0.1, 0.15) is 11.3 Å². The topological polar surface area (TPSA) is 105 Å². The molecule has 3 heterocycles. The molecule has 1 N–H and O–H groups in total. The van der Waals surface area contributed by atoms with Crippen LogP contribution in [-0.4, -0.2) is 22.1 Å². The first-order valence-corrected chi connectivity index (χ1v) is 10.3. The molecule has 0 amide bonds. The van der Waals surface area contributed by atoms with Gasteiger partial charge in [0.25, 0.3) is 5.56 Å². The number of ether oxygens (including phenoxy) is 1. The van der Waals surface area contributed by atoms with E-state index >= 15 is 0 Å². The molecule has 4 rings (SSSR count). The molecule has 4 aromatic rings. The van der Waals surface area contributed by atoms with Gasteiger partial charge in [-0.1, -0.05) is 11.8 Å². The summed E-state index contributed by atoms with van der Waals surface area (Å²) in [6, 6.07) is 12.7. The van der Waals surface area contributed by atoms with Crippen LogP contribution in [-0.2, 0) is 5.75 Å². The van der Waals surface area contributed by atoms with Gasteiger partial charge in [0, 0.05) is 16.7 Å². The van der Waals surface area contributed by atoms with Crippen molar-refractivity contribution < 1.29 is 9.15 Å². The van der Waals surface area contributed by atoms with Crippen LogP contribution in [0.15, 0.2) is 62.4 Å². The summed E-state index contributed by atoms with van der Waals surface area (Å²) in [5.41, 5.74) is 1.38. The van der Waals surface area contributed by atoms with Crippen molar-refractivity contribution in [2.24, 2.45) is 0 Å². The molecule has 0 spiro atoms.